The molecule has 0 bridgehead atoms. The van der Waals surface area contributed by atoms with Crippen LogP contribution < -0.4 is 5.32 Å². The number of carbonyl (C=O) groups is 1. The number of halogens is 3. The van der Waals surface area contributed by atoms with Crippen LogP contribution in [0.2, 0.25) is 0 Å². The van der Waals surface area contributed by atoms with Gasteiger partial charge in [0.2, 0.25) is 5.91 Å². The van der Waals surface area contributed by atoms with Gasteiger partial charge in [0.1, 0.15) is 11.8 Å². The van der Waals surface area contributed by atoms with Crippen molar-refractivity contribution in [2.45, 2.75) is 31.7 Å². The van der Waals surface area contributed by atoms with Crippen LogP contribution in [0.4, 0.5) is 13.2 Å². The van der Waals surface area contributed by atoms with Gasteiger partial charge in [-0.15, -0.1) is 0 Å². The van der Waals surface area contributed by atoms with Gasteiger partial charge in [-0.25, -0.2) is 4.98 Å². The summed E-state index contributed by atoms with van der Waals surface area (Å²) in [7, 11) is 0. The highest BCUT2D eigenvalue weighted by molar-refractivity contribution is 5.80. The molecule has 5 nitrogen and oxygen atoms in total. The average molecular weight is 313 g/mol. The molecular formula is C14H14F3N3O2. The van der Waals surface area contributed by atoms with Gasteiger partial charge >= 0.3 is 6.18 Å². The fourth-order valence-corrected chi connectivity index (χ4v) is 2.37. The molecule has 22 heavy (non-hydrogen) atoms. The van der Waals surface area contributed by atoms with Gasteiger partial charge in [0, 0.05) is 19.0 Å². The van der Waals surface area contributed by atoms with Gasteiger partial charge in [-0.05, 0) is 25.0 Å². The van der Waals surface area contributed by atoms with Crippen molar-refractivity contribution < 1.29 is 22.7 Å². The lowest BCUT2D eigenvalue weighted by atomic mass is 10.2. The number of nitrogens with zero attached hydrogens (tertiary/aromatic N) is 2. The average Bonchev–Trinajstić information content (AvgIpc) is 3.11. The van der Waals surface area contributed by atoms with Gasteiger partial charge in [0.25, 0.3) is 0 Å². The first kappa shape index (κ1) is 14.8. The van der Waals surface area contributed by atoms with E-state index in [4.69, 9.17) is 4.74 Å². The second-order valence-corrected chi connectivity index (χ2v) is 5.13. The number of fused-ring (bicyclic) bond motifs is 1. The van der Waals surface area contributed by atoms with Crippen LogP contribution in [0.25, 0.3) is 5.65 Å². The van der Waals surface area contributed by atoms with Crippen LogP contribution in [-0.4, -0.2) is 28.0 Å². The quantitative estimate of drug-likeness (QED) is 0.944. The van der Waals surface area contributed by atoms with Crippen LogP contribution in [0.1, 0.15) is 24.1 Å². The monoisotopic (exact) mass is 313 g/mol. The number of nitrogens with one attached hydrogen (secondary N) is 1. The third kappa shape index (κ3) is 3.06. The normalized spacial score (nSPS) is 18.8. The Bertz CT molecular complexity index is 690. The molecule has 3 heterocycles. The molecule has 1 atom stereocenters. The molecular weight excluding hydrogens is 299 g/mol. The second kappa shape index (κ2) is 5.60. The molecule has 2 aromatic heterocycles. The van der Waals surface area contributed by atoms with Crippen LogP contribution in [0.5, 0.6) is 0 Å². The van der Waals surface area contributed by atoms with Crippen molar-refractivity contribution in [1.29, 1.82) is 0 Å². The van der Waals surface area contributed by atoms with Gasteiger partial charge in [-0.3, -0.25) is 4.79 Å². The molecule has 3 rings (SSSR count). The Morgan fingerprint density at radius 1 is 1.41 bits per heavy atom. The van der Waals surface area contributed by atoms with E-state index in [9.17, 15) is 18.0 Å². The Kier molecular flexibility index (Phi) is 3.78. The highest BCUT2D eigenvalue weighted by Gasteiger charge is 2.31. The molecule has 0 aliphatic carbocycles. The van der Waals surface area contributed by atoms with E-state index in [2.05, 4.69) is 10.3 Å². The lowest BCUT2D eigenvalue weighted by molar-refractivity contribution is -0.137. The molecule has 1 amide bonds. The number of amides is 1. The number of rotatable bonds is 3. The van der Waals surface area contributed by atoms with Gasteiger partial charge in [0.05, 0.1) is 17.8 Å². The number of ether oxygens (including phenoxy) is 1. The number of aromatic nitrogens is 2. The minimum absolute atomic E-state index is 0.154. The fraction of sp³-hybridized carbons (Fsp3) is 0.429. The molecule has 1 aliphatic heterocycles. The number of pyridine rings is 1. The summed E-state index contributed by atoms with van der Waals surface area (Å²) >= 11 is 0. The molecule has 0 spiro atoms. The molecule has 1 aliphatic rings. The molecule has 8 heteroatoms. The molecule has 0 radical (unpaired) electrons. The zero-order chi connectivity index (χ0) is 15.7. The van der Waals surface area contributed by atoms with Crippen molar-refractivity contribution >= 4 is 11.6 Å². The number of hydrogen-bond donors (Lipinski definition) is 1. The third-order valence-corrected chi connectivity index (χ3v) is 3.49. The summed E-state index contributed by atoms with van der Waals surface area (Å²) in [4.78, 5) is 16.0. The van der Waals surface area contributed by atoms with Gasteiger partial charge in [-0.1, -0.05) is 0 Å². The molecule has 1 N–H and O–H groups in total. The molecule has 2 aromatic rings. The summed E-state index contributed by atoms with van der Waals surface area (Å²) in [5, 5.41) is 2.68. The number of alkyl halides is 3. The minimum atomic E-state index is -4.40. The maximum atomic E-state index is 12.6. The standard InChI is InChI=1S/C14H14F3N3O2/c15-14(16,17)9-3-4-12-19-10(8-20(12)7-9)6-18-13(21)11-2-1-5-22-11/h3-4,7-8,11H,1-2,5-6H2,(H,18,21). The maximum absolute atomic E-state index is 12.6. The SMILES string of the molecule is O=C(NCc1cn2cc(C(F)(F)F)ccc2n1)C1CCCO1. The smallest absolute Gasteiger partial charge is 0.368 e. The van der Waals surface area contributed by atoms with E-state index in [1.165, 1.54) is 16.7 Å². The Morgan fingerprint density at radius 3 is 2.91 bits per heavy atom. The summed E-state index contributed by atoms with van der Waals surface area (Å²) in [5.41, 5.74) is 0.146. The fourth-order valence-electron chi connectivity index (χ4n) is 2.37. The lowest BCUT2D eigenvalue weighted by Crippen LogP contribution is -2.33. The largest absolute Gasteiger partial charge is 0.417 e. The van der Waals surface area contributed by atoms with Crippen molar-refractivity contribution in [3.63, 3.8) is 0 Å². The number of imidazole rings is 1. The predicted octanol–water partition coefficient (Wildman–Crippen LogP) is 2.15. The third-order valence-electron chi connectivity index (χ3n) is 3.49. The van der Waals surface area contributed by atoms with Gasteiger partial charge < -0.3 is 14.5 Å². The molecule has 0 saturated carbocycles. The minimum Gasteiger partial charge on any atom is -0.368 e. The van der Waals surface area contributed by atoms with E-state index in [1.807, 2.05) is 0 Å². The van der Waals surface area contributed by atoms with Crippen molar-refractivity contribution in [3.05, 3.63) is 35.8 Å². The van der Waals surface area contributed by atoms with E-state index >= 15 is 0 Å². The first-order valence-corrected chi connectivity index (χ1v) is 6.87. The maximum Gasteiger partial charge on any atom is 0.417 e. The van der Waals surface area contributed by atoms with E-state index in [-0.39, 0.29) is 12.5 Å². The second-order valence-electron chi connectivity index (χ2n) is 5.13. The molecule has 1 fully saturated rings. The highest BCUT2D eigenvalue weighted by Crippen LogP contribution is 2.29. The predicted molar refractivity (Wildman–Crippen MR) is 71.0 cm³/mol. The Balaban J connectivity index is 1.70. The molecule has 0 aromatic carbocycles. The Morgan fingerprint density at radius 2 is 2.23 bits per heavy atom. The lowest BCUT2D eigenvalue weighted by Gasteiger charge is -2.08. The van der Waals surface area contributed by atoms with E-state index in [0.29, 0.717) is 24.4 Å². The summed E-state index contributed by atoms with van der Waals surface area (Å²) in [6.45, 7) is 0.731. The molecule has 1 saturated heterocycles. The van der Waals surface area contributed by atoms with E-state index < -0.39 is 17.8 Å². The van der Waals surface area contributed by atoms with Crippen LogP contribution in [0.3, 0.4) is 0 Å². The van der Waals surface area contributed by atoms with Crippen molar-refractivity contribution in [2.24, 2.45) is 0 Å². The topological polar surface area (TPSA) is 55.6 Å². The van der Waals surface area contributed by atoms with E-state index in [0.717, 1.165) is 18.7 Å². The van der Waals surface area contributed by atoms with Crippen LogP contribution in [0, 0.1) is 0 Å². The Labute approximate surface area is 124 Å². The van der Waals surface area contributed by atoms with Crippen molar-refractivity contribution in [3.8, 4) is 0 Å². The van der Waals surface area contributed by atoms with Gasteiger partial charge in [0.15, 0.2) is 0 Å². The number of hydrogen-bond acceptors (Lipinski definition) is 3. The summed E-state index contributed by atoms with van der Waals surface area (Å²) < 4.78 is 44.5. The van der Waals surface area contributed by atoms with Crippen molar-refractivity contribution in [1.82, 2.24) is 14.7 Å². The van der Waals surface area contributed by atoms with Crippen LogP contribution in [-0.2, 0) is 22.3 Å². The summed E-state index contributed by atoms with van der Waals surface area (Å²) in [6, 6.07) is 2.28. The number of carbonyl (C=O) groups excluding carboxylic acids is 1. The van der Waals surface area contributed by atoms with E-state index in [1.54, 1.807) is 0 Å². The van der Waals surface area contributed by atoms with Crippen LogP contribution >= 0.6 is 0 Å². The zero-order valence-electron chi connectivity index (χ0n) is 11.6. The van der Waals surface area contributed by atoms with Gasteiger partial charge in [-0.2, -0.15) is 13.2 Å². The summed E-state index contributed by atoms with van der Waals surface area (Å²) in [6.07, 6.45) is -0.840. The van der Waals surface area contributed by atoms with Crippen LogP contribution in [0.15, 0.2) is 24.5 Å². The molecule has 118 valence electrons. The first-order valence-electron chi connectivity index (χ1n) is 6.87. The molecule has 1 unspecified atom stereocenters. The van der Waals surface area contributed by atoms with Crippen molar-refractivity contribution in [2.75, 3.05) is 6.61 Å². The first-order chi connectivity index (χ1) is 10.4. The zero-order valence-corrected chi connectivity index (χ0v) is 11.6. The Hall–Kier alpha value is -2.09. The highest BCUT2D eigenvalue weighted by atomic mass is 19.4. The summed E-state index contributed by atoms with van der Waals surface area (Å²) in [5.74, 6) is -0.217.